The molecule has 1 aliphatic carbocycles. The number of hydrogen-bond acceptors (Lipinski definition) is 1. The highest BCUT2D eigenvalue weighted by Gasteiger charge is 2.11. The first-order valence-corrected chi connectivity index (χ1v) is 6.32. The molecule has 1 nitrogen and oxygen atoms in total. The van der Waals surface area contributed by atoms with Gasteiger partial charge in [0.25, 0.3) is 0 Å². The molecule has 0 aromatic rings. The number of alkyl halides is 1. The molecule has 1 aliphatic rings. The van der Waals surface area contributed by atoms with Crippen LogP contribution in [0.15, 0.2) is 0 Å². The lowest BCUT2D eigenvalue weighted by molar-refractivity contribution is 0.343. The molecule has 1 saturated carbocycles. The van der Waals surface area contributed by atoms with E-state index in [1.165, 1.54) is 51.6 Å². The molecule has 0 unspecified atom stereocenters. The van der Waals surface area contributed by atoms with Crippen LogP contribution in [0.4, 0.5) is 0 Å². The summed E-state index contributed by atoms with van der Waals surface area (Å²) in [5, 5.41) is 4.66. The van der Waals surface area contributed by atoms with E-state index in [2.05, 4.69) is 21.2 Å². The van der Waals surface area contributed by atoms with Crippen LogP contribution in [0.1, 0.15) is 38.5 Å². The van der Waals surface area contributed by atoms with Gasteiger partial charge in [0, 0.05) is 5.33 Å². The standard InChI is InChI=1S/C10H20BrN.BrH/c11-7-4-8-12-9-10-5-2-1-3-6-10;/h10,12H,1-9H2;1H. The smallest absolute Gasteiger partial charge is 0.00433 e. The van der Waals surface area contributed by atoms with Gasteiger partial charge < -0.3 is 5.32 Å². The lowest BCUT2D eigenvalue weighted by Crippen LogP contribution is -2.25. The third kappa shape index (κ3) is 6.92. The van der Waals surface area contributed by atoms with Crippen LogP contribution in [-0.4, -0.2) is 18.4 Å². The van der Waals surface area contributed by atoms with Gasteiger partial charge in [0.05, 0.1) is 0 Å². The van der Waals surface area contributed by atoms with E-state index in [4.69, 9.17) is 0 Å². The Kier molecular flexibility index (Phi) is 10.1. The molecule has 13 heavy (non-hydrogen) atoms. The third-order valence-corrected chi connectivity index (χ3v) is 3.21. The lowest BCUT2D eigenvalue weighted by atomic mass is 9.89. The van der Waals surface area contributed by atoms with Gasteiger partial charge in [0.1, 0.15) is 0 Å². The first-order chi connectivity index (χ1) is 5.93. The van der Waals surface area contributed by atoms with Crippen LogP contribution in [-0.2, 0) is 0 Å². The Bertz CT molecular complexity index is 103. The van der Waals surface area contributed by atoms with Gasteiger partial charge in [-0.25, -0.2) is 0 Å². The van der Waals surface area contributed by atoms with Gasteiger partial charge in [-0.1, -0.05) is 35.2 Å². The summed E-state index contributed by atoms with van der Waals surface area (Å²) in [7, 11) is 0. The van der Waals surface area contributed by atoms with Crippen molar-refractivity contribution in [3.05, 3.63) is 0 Å². The Morgan fingerprint density at radius 1 is 1.15 bits per heavy atom. The first-order valence-electron chi connectivity index (χ1n) is 5.20. The van der Waals surface area contributed by atoms with Gasteiger partial charge in [-0.2, -0.15) is 0 Å². The molecule has 0 atom stereocenters. The van der Waals surface area contributed by atoms with Crippen LogP contribution in [0.2, 0.25) is 0 Å². The van der Waals surface area contributed by atoms with Gasteiger partial charge in [-0.05, 0) is 38.3 Å². The Labute approximate surface area is 101 Å². The minimum absolute atomic E-state index is 0. The molecule has 1 rings (SSSR count). The van der Waals surface area contributed by atoms with Crippen molar-refractivity contribution in [3.63, 3.8) is 0 Å². The second-order valence-corrected chi connectivity index (χ2v) is 4.54. The summed E-state index contributed by atoms with van der Waals surface area (Å²) < 4.78 is 0. The number of nitrogens with one attached hydrogen (secondary N) is 1. The van der Waals surface area contributed by atoms with E-state index in [0.29, 0.717) is 0 Å². The average molecular weight is 315 g/mol. The van der Waals surface area contributed by atoms with Crippen LogP contribution < -0.4 is 5.32 Å². The molecule has 3 heteroatoms. The van der Waals surface area contributed by atoms with Crippen molar-refractivity contribution in [2.75, 3.05) is 18.4 Å². The quantitative estimate of drug-likeness (QED) is 0.605. The fourth-order valence-corrected chi connectivity index (χ4v) is 2.17. The summed E-state index contributed by atoms with van der Waals surface area (Å²) in [6.07, 6.45) is 8.57. The number of rotatable bonds is 5. The van der Waals surface area contributed by atoms with E-state index in [1.54, 1.807) is 0 Å². The maximum Gasteiger partial charge on any atom is 0.00433 e. The molecule has 0 bridgehead atoms. The van der Waals surface area contributed by atoms with Crippen LogP contribution in [0.5, 0.6) is 0 Å². The molecule has 0 aliphatic heterocycles. The van der Waals surface area contributed by atoms with E-state index >= 15 is 0 Å². The van der Waals surface area contributed by atoms with Crippen molar-refractivity contribution in [2.45, 2.75) is 38.5 Å². The molecule has 0 spiro atoms. The first kappa shape index (κ1) is 13.9. The molecule has 0 saturated heterocycles. The summed E-state index contributed by atoms with van der Waals surface area (Å²) in [4.78, 5) is 0. The molecular weight excluding hydrogens is 294 g/mol. The minimum Gasteiger partial charge on any atom is -0.316 e. The normalized spacial score (nSPS) is 18.2. The summed E-state index contributed by atoms with van der Waals surface area (Å²) in [6.45, 7) is 2.44. The zero-order chi connectivity index (χ0) is 8.65. The summed E-state index contributed by atoms with van der Waals surface area (Å²) >= 11 is 3.44. The van der Waals surface area contributed by atoms with Crippen LogP contribution in [0.3, 0.4) is 0 Å². The number of hydrogen-bond donors (Lipinski definition) is 1. The van der Waals surface area contributed by atoms with Crippen molar-refractivity contribution < 1.29 is 0 Å². The summed E-state index contributed by atoms with van der Waals surface area (Å²) in [6, 6.07) is 0. The molecule has 0 radical (unpaired) electrons. The fourth-order valence-electron chi connectivity index (χ4n) is 1.89. The monoisotopic (exact) mass is 313 g/mol. The van der Waals surface area contributed by atoms with Crippen LogP contribution in [0, 0.1) is 5.92 Å². The van der Waals surface area contributed by atoms with Gasteiger partial charge >= 0.3 is 0 Å². The third-order valence-electron chi connectivity index (χ3n) is 2.64. The Hall–Kier alpha value is 0.920. The molecule has 0 aromatic carbocycles. The zero-order valence-electron chi connectivity index (χ0n) is 8.23. The molecule has 0 amide bonds. The molecular formula is C10H21Br2N. The van der Waals surface area contributed by atoms with Crippen molar-refractivity contribution in [1.82, 2.24) is 5.32 Å². The van der Waals surface area contributed by atoms with E-state index in [9.17, 15) is 0 Å². The molecule has 1 fully saturated rings. The molecule has 0 heterocycles. The molecule has 80 valence electrons. The van der Waals surface area contributed by atoms with E-state index in [0.717, 1.165) is 11.2 Å². The maximum absolute atomic E-state index is 3.53. The van der Waals surface area contributed by atoms with Gasteiger partial charge in [-0.15, -0.1) is 17.0 Å². The minimum atomic E-state index is 0. The van der Waals surface area contributed by atoms with Crippen LogP contribution in [0.25, 0.3) is 0 Å². The largest absolute Gasteiger partial charge is 0.316 e. The van der Waals surface area contributed by atoms with Gasteiger partial charge in [0.2, 0.25) is 0 Å². The van der Waals surface area contributed by atoms with Gasteiger partial charge in [0.15, 0.2) is 0 Å². The Morgan fingerprint density at radius 3 is 2.46 bits per heavy atom. The topological polar surface area (TPSA) is 12.0 Å². The predicted octanol–water partition coefficient (Wildman–Crippen LogP) is 3.52. The highest BCUT2D eigenvalue weighted by atomic mass is 79.9. The molecule has 0 aromatic heterocycles. The van der Waals surface area contributed by atoms with E-state index < -0.39 is 0 Å². The fraction of sp³-hybridized carbons (Fsp3) is 1.00. The highest BCUT2D eigenvalue weighted by Crippen LogP contribution is 2.22. The summed E-state index contributed by atoms with van der Waals surface area (Å²) in [5.41, 5.74) is 0. The zero-order valence-corrected chi connectivity index (χ0v) is 11.5. The number of halogens is 2. The van der Waals surface area contributed by atoms with Crippen molar-refractivity contribution in [1.29, 1.82) is 0 Å². The van der Waals surface area contributed by atoms with Crippen LogP contribution >= 0.6 is 32.9 Å². The van der Waals surface area contributed by atoms with Crippen molar-refractivity contribution >= 4 is 32.9 Å². The Morgan fingerprint density at radius 2 is 1.85 bits per heavy atom. The SMILES string of the molecule is Br.BrCCCNCC1CCCCC1. The maximum atomic E-state index is 3.53. The predicted molar refractivity (Wildman–Crippen MR) is 68.2 cm³/mol. The lowest BCUT2D eigenvalue weighted by Gasteiger charge is -2.21. The van der Waals surface area contributed by atoms with E-state index in [1.807, 2.05) is 0 Å². The van der Waals surface area contributed by atoms with Crippen molar-refractivity contribution in [2.24, 2.45) is 5.92 Å². The Balaban J connectivity index is 0.00000144. The van der Waals surface area contributed by atoms with Gasteiger partial charge in [-0.3, -0.25) is 0 Å². The van der Waals surface area contributed by atoms with Crippen molar-refractivity contribution in [3.8, 4) is 0 Å². The second kappa shape index (κ2) is 9.47. The average Bonchev–Trinajstić information content (AvgIpc) is 2.14. The molecule has 1 N–H and O–H groups in total. The van der Waals surface area contributed by atoms with E-state index in [-0.39, 0.29) is 17.0 Å². The second-order valence-electron chi connectivity index (χ2n) is 3.75. The highest BCUT2D eigenvalue weighted by molar-refractivity contribution is 9.09. The summed E-state index contributed by atoms with van der Waals surface area (Å²) in [5.74, 6) is 0.981.